The van der Waals surface area contributed by atoms with Crippen molar-refractivity contribution in [1.29, 1.82) is 0 Å². The molecule has 1 aliphatic heterocycles. The van der Waals surface area contributed by atoms with Gasteiger partial charge in [0.2, 0.25) is 0 Å². The first-order chi connectivity index (χ1) is 14.0. The van der Waals surface area contributed by atoms with Crippen LogP contribution in [0, 0.1) is 5.92 Å². The summed E-state index contributed by atoms with van der Waals surface area (Å²) in [6.45, 7) is 2.39. The van der Waals surface area contributed by atoms with E-state index < -0.39 is 5.76 Å². The highest BCUT2D eigenvalue weighted by Crippen LogP contribution is 2.32. The van der Waals surface area contributed by atoms with Crippen LogP contribution in [0.5, 0.6) is 0 Å². The molecule has 11 heteroatoms. The third-order valence-electron chi connectivity index (χ3n) is 4.82. The summed E-state index contributed by atoms with van der Waals surface area (Å²) < 4.78 is 12.2. The summed E-state index contributed by atoms with van der Waals surface area (Å²) in [5.41, 5.74) is 1.18. The van der Waals surface area contributed by atoms with Crippen LogP contribution in [0.2, 0.25) is 10.0 Å². The number of halogens is 3. The molecule has 0 spiro atoms. The fourth-order valence-electron chi connectivity index (χ4n) is 3.42. The van der Waals surface area contributed by atoms with Crippen LogP contribution in [-0.2, 0) is 11.3 Å². The van der Waals surface area contributed by atoms with Gasteiger partial charge in [-0.05, 0) is 23.8 Å². The molecule has 0 amide bonds. The highest BCUT2D eigenvalue weighted by molar-refractivity contribution is 6.42. The minimum Gasteiger partial charge on any atom is -0.372 e. The maximum atomic E-state index is 12.6. The van der Waals surface area contributed by atoms with Gasteiger partial charge in [0.05, 0.1) is 22.8 Å². The van der Waals surface area contributed by atoms with Gasteiger partial charge < -0.3 is 14.6 Å². The van der Waals surface area contributed by atoms with Gasteiger partial charge in [-0.1, -0.05) is 34.4 Å². The van der Waals surface area contributed by atoms with Gasteiger partial charge in [-0.15, -0.1) is 12.4 Å². The molecule has 2 N–H and O–H groups in total. The lowest BCUT2D eigenvalue weighted by atomic mass is 9.95. The van der Waals surface area contributed by atoms with Gasteiger partial charge in [0, 0.05) is 43.4 Å². The number of nitrogens with one attached hydrogen (secondary N) is 2. The second kappa shape index (κ2) is 9.80. The molecule has 0 saturated carbocycles. The van der Waals surface area contributed by atoms with Crippen molar-refractivity contribution in [2.75, 3.05) is 19.7 Å². The SMILES string of the molecule is Cl.O=c1[nH]c(-c2ccn(C[C@@H]3CNCCO[C@H]3c3ccc(Cl)c(Cl)c3)c(=O)c2)no1. The average molecular weight is 474 g/mol. The van der Waals surface area contributed by atoms with Crippen molar-refractivity contribution in [3.63, 3.8) is 0 Å². The zero-order valence-corrected chi connectivity index (χ0v) is 18.0. The molecule has 0 radical (unpaired) electrons. The number of aromatic nitrogens is 3. The Bertz CT molecular complexity index is 1130. The molecule has 1 aromatic carbocycles. The minimum atomic E-state index is -0.671. The first-order valence-electron chi connectivity index (χ1n) is 9.05. The minimum absolute atomic E-state index is 0. The van der Waals surface area contributed by atoms with E-state index in [0.717, 1.165) is 12.1 Å². The third kappa shape index (κ3) is 4.96. The Balaban J connectivity index is 0.00000256. The fraction of sp³-hybridized carbons (Fsp3) is 0.316. The number of aromatic amines is 1. The summed E-state index contributed by atoms with van der Waals surface area (Å²) in [4.78, 5) is 26.2. The topological polar surface area (TPSA) is 102 Å². The van der Waals surface area contributed by atoms with Crippen LogP contribution in [0.15, 0.2) is 50.6 Å². The van der Waals surface area contributed by atoms with Crippen molar-refractivity contribution >= 4 is 35.6 Å². The van der Waals surface area contributed by atoms with Crippen LogP contribution in [0.1, 0.15) is 11.7 Å². The molecule has 3 heterocycles. The van der Waals surface area contributed by atoms with Crippen LogP contribution >= 0.6 is 35.6 Å². The van der Waals surface area contributed by atoms with E-state index in [1.807, 2.05) is 6.07 Å². The Morgan fingerprint density at radius 3 is 2.70 bits per heavy atom. The molecule has 1 aliphatic rings. The van der Waals surface area contributed by atoms with E-state index >= 15 is 0 Å². The maximum Gasteiger partial charge on any atom is 0.439 e. The molecule has 0 unspecified atom stereocenters. The van der Waals surface area contributed by atoms with Gasteiger partial charge in [0.25, 0.3) is 5.56 Å². The zero-order valence-electron chi connectivity index (χ0n) is 15.6. The van der Waals surface area contributed by atoms with E-state index in [0.29, 0.717) is 35.3 Å². The van der Waals surface area contributed by atoms with E-state index in [4.69, 9.17) is 27.9 Å². The molecular weight excluding hydrogens is 455 g/mol. The maximum absolute atomic E-state index is 12.6. The van der Waals surface area contributed by atoms with Crippen LogP contribution in [-0.4, -0.2) is 34.4 Å². The summed E-state index contributed by atoms with van der Waals surface area (Å²) >= 11 is 12.2. The molecule has 0 bridgehead atoms. The molecule has 3 aromatic rings. The summed E-state index contributed by atoms with van der Waals surface area (Å²) in [6.07, 6.45) is 1.43. The number of hydrogen-bond donors (Lipinski definition) is 2. The summed E-state index contributed by atoms with van der Waals surface area (Å²) in [7, 11) is 0. The Morgan fingerprint density at radius 2 is 2.00 bits per heavy atom. The number of H-pyrrole nitrogens is 1. The van der Waals surface area contributed by atoms with E-state index in [-0.39, 0.29) is 35.8 Å². The van der Waals surface area contributed by atoms with E-state index in [1.165, 1.54) is 6.07 Å². The smallest absolute Gasteiger partial charge is 0.372 e. The van der Waals surface area contributed by atoms with Crippen molar-refractivity contribution in [1.82, 2.24) is 20.0 Å². The molecule has 2 aromatic heterocycles. The lowest BCUT2D eigenvalue weighted by Gasteiger charge is -2.26. The standard InChI is InChI=1S/C19H18Cl2N4O4.ClH/c20-14-2-1-11(7-15(14)21)17-13(9-22-4-6-28-17)10-25-5-3-12(8-16(25)26)18-23-19(27)29-24-18;/h1-3,5,7-8,13,17,22H,4,6,9-10H2,(H,23,24,27);1H/t13-,17-;/m0./s1. The largest absolute Gasteiger partial charge is 0.439 e. The summed E-state index contributed by atoms with van der Waals surface area (Å²) in [5, 5.41) is 7.90. The fourth-order valence-corrected chi connectivity index (χ4v) is 3.73. The van der Waals surface area contributed by atoms with Crippen LogP contribution < -0.4 is 16.6 Å². The second-order valence-electron chi connectivity index (χ2n) is 6.78. The highest BCUT2D eigenvalue weighted by Gasteiger charge is 2.27. The molecule has 160 valence electrons. The Morgan fingerprint density at radius 1 is 1.17 bits per heavy atom. The normalized spacial score (nSPS) is 19.1. The Labute approximate surface area is 187 Å². The molecule has 8 nitrogen and oxygen atoms in total. The van der Waals surface area contributed by atoms with Gasteiger partial charge >= 0.3 is 5.76 Å². The quantitative estimate of drug-likeness (QED) is 0.604. The van der Waals surface area contributed by atoms with Crippen LogP contribution in [0.25, 0.3) is 11.4 Å². The van der Waals surface area contributed by atoms with E-state index in [1.54, 1.807) is 29.0 Å². The van der Waals surface area contributed by atoms with Gasteiger partial charge in [-0.2, -0.15) is 0 Å². The van der Waals surface area contributed by atoms with Crippen LogP contribution in [0.3, 0.4) is 0 Å². The van der Waals surface area contributed by atoms with Crippen molar-refractivity contribution in [2.24, 2.45) is 5.92 Å². The van der Waals surface area contributed by atoms with Gasteiger partial charge in [0.15, 0.2) is 5.82 Å². The monoisotopic (exact) mass is 472 g/mol. The average Bonchev–Trinajstić information content (AvgIpc) is 3.00. The predicted octanol–water partition coefficient (Wildman–Crippen LogP) is 2.90. The Kier molecular flexibility index (Phi) is 7.38. The van der Waals surface area contributed by atoms with Crippen LogP contribution in [0.4, 0.5) is 0 Å². The summed E-state index contributed by atoms with van der Waals surface area (Å²) in [6, 6.07) is 8.56. The summed E-state index contributed by atoms with van der Waals surface area (Å²) in [5.74, 6) is -0.465. The third-order valence-corrected chi connectivity index (χ3v) is 5.56. The molecule has 0 aliphatic carbocycles. The first kappa shape index (κ1) is 22.6. The van der Waals surface area contributed by atoms with Gasteiger partial charge in [-0.3, -0.25) is 14.3 Å². The first-order valence-corrected chi connectivity index (χ1v) is 9.81. The van der Waals surface area contributed by atoms with Crippen molar-refractivity contribution in [2.45, 2.75) is 12.6 Å². The number of rotatable bonds is 4. The highest BCUT2D eigenvalue weighted by atomic mass is 35.5. The van der Waals surface area contributed by atoms with Gasteiger partial charge in [-0.25, -0.2) is 4.79 Å². The van der Waals surface area contributed by atoms with E-state index in [2.05, 4.69) is 20.0 Å². The molecule has 1 fully saturated rings. The van der Waals surface area contributed by atoms with Crippen molar-refractivity contribution in [3.8, 4) is 11.4 Å². The Hall–Kier alpha value is -2.10. The molecular formula is C19H19Cl3N4O4. The number of benzene rings is 1. The van der Waals surface area contributed by atoms with E-state index in [9.17, 15) is 9.59 Å². The van der Waals surface area contributed by atoms with Crippen molar-refractivity contribution < 1.29 is 9.26 Å². The number of hydrogen-bond acceptors (Lipinski definition) is 6. The molecule has 4 rings (SSSR count). The van der Waals surface area contributed by atoms with Crippen molar-refractivity contribution in [3.05, 3.63) is 73.0 Å². The lowest BCUT2D eigenvalue weighted by Crippen LogP contribution is -2.32. The lowest BCUT2D eigenvalue weighted by molar-refractivity contribution is 0.0251. The van der Waals surface area contributed by atoms with Gasteiger partial charge in [0.1, 0.15) is 0 Å². The number of pyridine rings is 1. The molecule has 30 heavy (non-hydrogen) atoms. The number of nitrogens with zero attached hydrogens (tertiary/aromatic N) is 2. The molecule has 1 saturated heterocycles. The molecule has 2 atom stereocenters. The zero-order chi connectivity index (χ0) is 20.4. The second-order valence-corrected chi connectivity index (χ2v) is 7.59. The predicted molar refractivity (Wildman–Crippen MR) is 116 cm³/mol. The number of ether oxygens (including phenoxy) is 1.